The maximum Gasteiger partial charge on any atom is 0.256 e. The molecule has 0 aliphatic carbocycles. The smallest absolute Gasteiger partial charge is 0.256 e. The second-order valence-corrected chi connectivity index (χ2v) is 8.43. The predicted molar refractivity (Wildman–Crippen MR) is 112 cm³/mol. The molecule has 4 nitrogen and oxygen atoms in total. The number of carbonyl (C=O) groups excluding carboxylic acids is 1. The Morgan fingerprint density at radius 2 is 1.88 bits per heavy atom. The molecule has 26 heavy (non-hydrogen) atoms. The summed E-state index contributed by atoms with van der Waals surface area (Å²) in [5, 5.41) is 9.35. The van der Waals surface area contributed by atoms with Crippen molar-refractivity contribution in [2.45, 2.75) is 6.17 Å². The maximum absolute atomic E-state index is 12.9. The Labute approximate surface area is 171 Å². The van der Waals surface area contributed by atoms with Crippen molar-refractivity contribution in [2.75, 3.05) is 12.4 Å². The number of fused-ring (bicyclic) bond motifs is 1. The largest absolute Gasteiger partial charge is 0.495 e. The van der Waals surface area contributed by atoms with Crippen molar-refractivity contribution in [1.29, 1.82) is 0 Å². The van der Waals surface area contributed by atoms with Crippen LogP contribution in [0.25, 0.3) is 11.1 Å². The van der Waals surface area contributed by atoms with Gasteiger partial charge in [0.25, 0.3) is 5.91 Å². The van der Waals surface area contributed by atoms with Gasteiger partial charge < -0.3 is 15.4 Å². The molecule has 0 spiro atoms. The van der Waals surface area contributed by atoms with E-state index in [-0.39, 0.29) is 12.1 Å². The molecule has 2 heterocycles. The molecule has 1 atom stereocenters. The molecule has 0 saturated heterocycles. The SMILES string of the molecule is COc1c(Br)cc(Br)cc1C1NC(=O)c2c(-c3ccccc3)csc2N1. The molecule has 2 aromatic carbocycles. The quantitative estimate of drug-likeness (QED) is 0.484. The third kappa shape index (κ3) is 3.04. The lowest BCUT2D eigenvalue weighted by Gasteiger charge is -2.28. The minimum atomic E-state index is -0.374. The van der Waals surface area contributed by atoms with E-state index in [1.165, 1.54) is 11.3 Å². The van der Waals surface area contributed by atoms with Crippen LogP contribution >= 0.6 is 43.2 Å². The average Bonchev–Trinajstić information content (AvgIpc) is 3.06. The normalized spacial score (nSPS) is 15.8. The number of nitrogens with one attached hydrogen (secondary N) is 2. The summed E-state index contributed by atoms with van der Waals surface area (Å²) in [5.41, 5.74) is 3.51. The molecule has 1 amide bonds. The molecule has 1 aromatic heterocycles. The first-order valence-corrected chi connectivity index (χ1v) is 10.3. The molecule has 3 aromatic rings. The van der Waals surface area contributed by atoms with Crippen LogP contribution in [0.15, 0.2) is 56.8 Å². The van der Waals surface area contributed by atoms with E-state index < -0.39 is 0 Å². The van der Waals surface area contributed by atoms with E-state index >= 15 is 0 Å². The minimum absolute atomic E-state index is 0.0954. The Kier molecular flexibility index (Phi) is 4.77. The number of halogens is 2. The van der Waals surface area contributed by atoms with Gasteiger partial charge in [0.15, 0.2) is 0 Å². The van der Waals surface area contributed by atoms with Crippen LogP contribution < -0.4 is 15.4 Å². The molecule has 0 fully saturated rings. The summed E-state index contributed by atoms with van der Waals surface area (Å²) in [7, 11) is 1.62. The summed E-state index contributed by atoms with van der Waals surface area (Å²) in [6.07, 6.45) is -0.374. The van der Waals surface area contributed by atoms with Crippen molar-refractivity contribution in [3.8, 4) is 16.9 Å². The van der Waals surface area contributed by atoms with Gasteiger partial charge in [-0.05, 0) is 33.6 Å². The van der Waals surface area contributed by atoms with Crippen molar-refractivity contribution < 1.29 is 9.53 Å². The van der Waals surface area contributed by atoms with E-state index in [2.05, 4.69) is 42.5 Å². The predicted octanol–water partition coefficient (Wildman–Crippen LogP) is 5.80. The number of methoxy groups -OCH3 is 1. The van der Waals surface area contributed by atoms with Gasteiger partial charge in [-0.2, -0.15) is 0 Å². The Balaban J connectivity index is 1.75. The number of rotatable bonds is 3. The number of benzene rings is 2. The number of thiophene rings is 1. The van der Waals surface area contributed by atoms with Crippen LogP contribution in [0.2, 0.25) is 0 Å². The van der Waals surface area contributed by atoms with Crippen LogP contribution in [0.4, 0.5) is 5.00 Å². The van der Waals surface area contributed by atoms with Crippen LogP contribution in [-0.2, 0) is 0 Å². The van der Waals surface area contributed by atoms with Crippen LogP contribution in [0.5, 0.6) is 5.75 Å². The Hall–Kier alpha value is -1.83. The molecular weight excluding hydrogens is 480 g/mol. The Morgan fingerprint density at radius 3 is 2.62 bits per heavy atom. The molecule has 0 radical (unpaired) electrons. The minimum Gasteiger partial charge on any atom is -0.495 e. The summed E-state index contributed by atoms with van der Waals surface area (Å²) < 4.78 is 7.25. The highest BCUT2D eigenvalue weighted by molar-refractivity contribution is 9.11. The van der Waals surface area contributed by atoms with Crippen molar-refractivity contribution in [3.63, 3.8) is 0 Å². The van der Waals surface area contributed by atoms with Gasteiger partial charge in [0.2, 0.25) is 0 Å². The molecular formula is C19H14Br2N2O2S. The van der Waals surface area contributed by atoms with Crippen molar-refractivity contribution in [3.05, 3.63) is 67.9 Å². The average molecular weight is 494 g/mol. The fourth-order valence-electron chi connectivity index (χ4n) is 3.06. The van der Waals surface area contributed by atoms with Gasteiger partial charge in [0.1, 0.15) is 16.9 Å². The first-order chi connectivity index (χ1) is 12.6. The summed E-state index contributed by atoms with van der Waals surface area (Å²) in [6, 6.07) is 13.8. The number of hydrogen-bond acceptors (Lipinski definition) is 4. The van der Waals surface area contributed by atoms with Crippen LogP contribution in [0.3, 0.4) is 0 Å². The second-order valence-electron chi connectivity index (χ2n) is 5.78. The van der Waals surface area contributed by atoms with Gasteiger partial charge in [-0.1, -0.05) is 46.3 Å². The van der Waals surface area contributed by atoms with E-state index in [1.54, 1.807) is 7.11 Å². The monoisotopic (exact) mass is 492 g/mol. The molecule has 2 N–H and O–H groups in total. The van der Waals surface area contributed by atoms with Crippen molar-refractivity contribution >= 4 is 54.1 Å². The fourth-order valence-corrected chi connectivity index (χ4v) is 5.47. The number of hydrogen-bond donors (Lipinski definition) is 2. The fraction of sp³-hybridized carbons (Fsp3) is 0.105. The van der Waals surface area contributed by atoms with Crippen molar-refractivity contribution in [2.24, 2.45) is 0 Å². The van der Waals surface area contributed by atoms with E-state index in [4.69, 9.17) is 4.74 Å². The highest BCUT2D eigenvalue weighted by atomic mass is 79.9. The van der Waals surface area contributed by atoms with Gasteiger partial charge >= 0.3 is 0 Å². The Bertz CT molecular complexity index is 989. The van der Waals surface area contributed by atoms with E-state index in [0.717, 1.165) is 30.6 Å². The molecule has 1 aliphatic rings. The van der Waals surface area contributed by atoms with Gasteiger partial charge in [0.05, 0.1) is 17.1 Å². The zero-order chi connectivity index (χ0) is 18.3. The summed E-state index contributed by atoms with van der Waals surface area (Å²) in [6.45, 7) is 0. The molecule has 0 bridgehead atoms. The van der Waals surface area contributed by atoms with E-state index in [0.29, 0.717) is 11.3 Å². The van der Waals surface area contributed by atoms with E-state index in [1.807, 2.05) is 47.8 Å². The highest BCUT2D eigenvalue weighted by Crippen LogP contribution is 2.42. The van der Waals surface area contributed by atoms with Crippen LogP contribution in [-0.4, -0.2) is 13.0 Å². The third-order valence-corrected chi connectivity index (χ3v) is 6.16. The second kappa shape index (κ2) is 7.06. The van der Waals surface area contributed by atoms with Gasteiger partial charge in [-0.25, -0.2) is 0 Å². The molecule has 0 saturated carbocycles. The molecule has 1 unspecified atom stereocenters. The topological polar surface area (TPSA) is 50.4 Å². The Morgan fingerprint density at radius 1 is 1.12 bits per heavy atom. The molecule has 1 aliphatic heterocycles. The van der Waals surface area contributed by atoms with Crippen LogP contribution in [0, 0.1) is 0 Å². The lowest BCUT2D eigenvalue weighted by atomic mass is 10.0. The van der Waals surface area contributed by atoms with Gasteiger partial charge in [-0.3, -0.25) is 4.79 Å². The zero-order valence-electron chi connectivity index (χ0n) is 13.7. The molecule has 4 rings (SSSR count). The lowest BCUT2D eigenvalue weighted by molar-refractivity contribution is 0.0936. The number of carbonyl (C=O) groups is 1. The standard InChI is InChI=1S/C19H14Br2N2O2S/c1-25-16-12(7-11(20)8-14(16)21)17-22-18(24)15-13(9-26-19(15)23-17)10-5-3-2-4-6-10/h2-9,17,23H,1H3,(H,22,24). The first kappa shape index (κ1) is 17.6. The lowest BCUT2D eigenvalue weighted by Crippen LogP contribution is -2.38. The number of anilines is 1. The summed E-state index contributed by atoms with van der Waals surface area (Å²) in [4.78, 5) is 12.9. The van der Waals surface area contributed by atoms with Gasteiger partial charge in [-0.15, -0.1) is 11.3 Å². The van der Waals surface area contributed by atoms with Crippen LogP contribution in [0.1, 0.15) is 22.1 Å². The van der Waals surface area contributed by atoms with Crippen molar-refractivity contribution in [1.82, 2.24) is 5.32 Å². The zero-order valence-corrected chi connectivity index (χ0v) is 17.7. The molecule has 7 heteroatoms. The number of amides is 1. The van der Waals surface area contributed by atoms with Gasteiger partial charge in [0, 0.05) is 21.0 Å². The number of ether oxygens (including phenoxy) is 1. The highest BCUT2D eigenvalue weighted by Gasteiger charge is 2.31. The molecule has 132 valence electrons. The first-order valence-electron chi connectivity index (χ1n) is 7.85. The summed E-state index contributed by atoms with van der Waals surface area (Å²) in [5.74, 6) is 0.594. The third-order valence-electron chi connectivity index (χ3n) is 4.21. The maximum atomic E-state index is 12.9. The summed E-state index contributed by atoms with van der Waals surface area (Å²) >= 11 is 8.55. The van der Waals surface area contributed by atoms with E-state index in [9.17, 15) is 4.79 Å².